The van der Waals surface area contributed by atoms with E-state index in [-0.39, 0.29) is 12.1 Å². The Hall–Kier alpha value is -1.50. The summed E-state index contributed by atoms with van der Waals surface area (Å²) in [7, 11) is 4.93. The zero-order chi connectivity index (χ0) is 15.7. The normalized spacial score (nSPS) is 13.8. The Labute approximate surface area is 115 Å². The number of rotatable bonds is 4. The summed E-state index contributed by atoms with van der Waals surface area (Å²) in [6, 6.07) is 1.17. The predicted octanol–water partition coefficient (Wildman–Crippen LogP) is 2.21. The first-order valence-corrected chi connectivity index (χ1v) is 6.22. The molecule has 0 amide bonds. The number of aromatic hydroxyl groups is 1. The van der Waals surface area contributed by atoms with Crippen LogP contribution in [-0.4, -0.2) is 34.8 Å². The minimum atomic E-state index is -4.51. The van der Waals surface area contributed by atoms with Gasteiger partial charge in [0.1, 0.15) is 0 Å². The van der Waals surface area contributed by atoms with Crippen molar-refractivity contribution >= 4 is 0 Å². The van der Waals surface area contributed by atoms with Crippen molar-refractivity contribution in [2.45, 2.75) is 32.0 Å². The molecule has 114 valence electrons. The van der Waals surface area contributed by atoms with Crippen molar-refractivity contribution in [3.05, 3.63) is 27.7 Å². The lowest BCUT2D eigenvalue weighted by atomic mass is 9.99. The van der Waals surface area contributed by atoms with Gasteiger partial charge in [-0.15, -0.1) is 0 Å². The highest BCUT2D eigenvalue weighted by Gasteiger charge is 2.42. The number of hydrogen-bond donors (Lipinski definition) is 1. The molecule has 0 bridgehead atoms. The number of nitrogens with zero attached hydrogens (tertiary/aromatic N) is 2. The van der Waals surface area contributed by atoms with Crippen LogP contribution >= 0.6 is 0 Å². The Morgan fingerprint density at radius 1 is 1.40 bits per heavy atom. The van der Waals surface area contributed by atoms with Crippen molar-refractivity contribution in [1.82, 2.24) is 9.47 Å². The summed E-state index contributed by atoms with van der Waals surface area (Å²) in [5.41, 5.74) is -0.725. The molecule has 7 heteroatoms. The van der Waals surface area contributed by atoms with Crippen LogP contribution in [0.1, 0.15) is 30.7 Å². The van der Waals surface area contributed by atoms with Crippen LogP contribution < -0.4 is 5.43 Å². The molecule has 4 nitrogen and oxygen atoms in total. The van der Waals surface area contributed by atoms with Gasteiger partial charge in [-0.25, -0.2) is 0 Å². The van der Waals surface area contributed by atoms with Crippen molar-refractivity contribution in [2.24, 2.45) is 7.05 Å². The molecule has 0 saturated heterocycles. The van der Waals surface area contributed by atoms with Crippen molar-refractivity contribution in [3.8, 4) is 5.75 Å². The summed E-state index contributed by atoms with van der Waals surface area (Å²) >= 11 is 0. The standard InChI is InChI=1S/C13H19F3N2O2/c1-5-9(13(14,15)16)11-12(20)10(19)6-8(18(11)4)7-17(2)3/h6,9,20H,5,7H2,1-4H3. The van der Waals surface area contributed by atoms with Crippen molar-refractivity contribution in [3.63, 3.8) is 0 Å². The number of halogens is 3. The largest absolute Gasteiger partial charge is 0.503 e. The third-order valence-electron chi connectivity index (χ3n) is 3.18. The van der Waals surface area contributed by atoms with E-state index < -0.39 is 23.3 Å². The minimum Gasteiger partial charge on any atom is -0.503 e. The van der Waals surface area contributed by atoms with Crippen molar-refractivity contribution < 1.29 is 18.3 Å². The van der Waals surface area contributed by atoms with Crippen LogP contribution in [-0.2, 0) is 13.6 Å². The van der Waals surface area contributed by atoms with Gasteiger partial charge in [0.2, 0.25) is 5.43 Å². The first-order valence-electron chi connectivity index (χ1n) is 6.22. The van der Waals surface area contributed by atoms with E-state index in [1.807, 2.05) is 0 Å². The van der Waals surface area contributed by atoms with E-state index in [2.05, 4.69) is 0 Å². The van der Waals surface area contributed by atoms with E-state index in [9.17, 15) is 23.1 Å². The van der Waals surface area contributed by atoms with Gasteiger partial charge in [0.15, 0.2) is 5.75 Å². The van der Waals surface area contributed by atoms with E-state index in [0.29, 0.717) is 12.2 Å². The van der Waals surface area contributed by atoms with Gasteiger partial charge in [-0.2, -0.15) is 13.2 Å². The van der Waals surface area contributed by atoms with Crippen LogP contribution in [0.25, 0.3) is 0 Å². The minimum absolute atomic E-state index is 0.240. The highest BCUT2D eigenvalue weighted by atomic mass is 19.4. The molecule has 0 aromatic carbocycles. The SMILES string of the molecule is CCC(c1c(O)c(=O)cc(CN(C)C)n1C)C(F)(F)F. The van der Waals surface area contributed by atoms with Crippen LogP contribution in [0.15, 0.2) is 10.9 Å². The molecular formula is C13H19F3N2O2. The van der Waals surface area contributed by atoms with Gasteiger partial charge >= 0.3 is 6.18 Å². The molecule has 1 atom stereocenters. The molecule has 0 aliphatic carbocycles. The van der Waals surface area contributed by atoms with Gasteiger partial charge in [0.05, 0.1) is 11.6 Å². The Kier molecular flexibility index (Phi) is 4.86. The Balaban J connectivity index is 3.52. The molecular weight excluding hydrogens is 273 g/mol. The van der Waals surface area contributed by atoms with E-state index >= 15 is 0 Å². The van der Waals surface area contributed by atoms with E-state index in [0.717, 1.165) is 0 Å². The lowest BCUT2D eigenvalue weighted by molar-refractivity contribution is -0.152. The maximum atomic E-state index is 13.1. The van der Waals surface area contributed by atoms with Crippen LogP contribution in [0.2, 0.25) is 0 Å². The first kappa shape index (κ1) is 16.6. The van der Waals surface area contributed by atoms with Crippen molar-refractivity contribution in [1.29, 1.82) is 0 Å². The Morgan fingerprint density at radius 2 is 1.95 bits per heavy atom. The quantitative estimate of drug-likeness (QED) is 0.925. The number of aromatic nitrogens is 1. The molecule has 1 unspecified atom stereocenters. The molecule has 1 aromatic rings. The fraction of sp³-hybridized carbons (Fsp3) is 0.615. The average molecular weight is 292 g/mol. The summed E-state index contributed by atoms with van der Waals surface area (Å²) in [6.45, 7) is 1.69. The number of pyridine rings is 1. The molecule has 0 saturated carbocycles. The van der Waals surface area contributed by atoms with Crippen LogP contribution in [0, 0.1) is 0 Å². The van der Waals surface area contributed by atoms with Gasteiger partial charge < -0.3 is 14.6 Å². The molecule has 0 spiro atoms. The maximum Gasteiger partial charge on any atom is 0.397 e. The molecule has 1 heterocycles. The summed E-state index contributed by atoms with van der Waals surface area (Å²) in [4.78, 5) is 13.4. The fourth-order valence-electron chi connectivity index (χ4n) is 2.21. The Morgan fingerprint density at radius 3 is 2.35 bits per heavy atom. The highest BCUT2D eigenvalue weighted by molar-refractivity contribution is 5.33. The molecule has 0 radical (unpaired) electrons. The molecule has 0 aliphatic rings. The number of alkyl halides is 3. The fourth-order valence-corrected chi connectivity index (χ4v) is 2.21. The van der Waals surface area contributed by atoms with Crippen LogP contribution in [0.5, 0.6) is 5.75 Å². The average Bonchev–Trinajstić information content (AvgIpc) is 2.29. The lowest BCUT2D eigenvalue weighted by Gasteiger charge is -2.25. The van der Waals surface area contributed by atoms with E-state index in [4.69, 9.17) is 0 Å². The predicted molar refractivity (Wildman–Crippen MR) is 69.8 cm³/mol. The number of hydrogen-bond acceptors (Lipinski definition) is 3. The second kappa shape index (κ2) is 5.87. The van der Waals surface area contributed by atoms with E-state index in [1.165, 1.54) is 24.6 Å². The third kappa shape index (κ3) is 3.33. The van der Waals surface area contributed by atoms with E-state index in [1.54, 1.807) is 19.0 Å². The molecule has 0 fully saturated rings. The molecule has 20 heavy (non-hydrogen) atoms. The van der Waals surface area contributed by atoms with Gasteiger partial charge in [-0.05, 0) is 20.5 Å². The topological polar surface area (TPSA) is 45.5 Å². The zero-order valence-corrected chi connectivity index (χ0v) is 12.0. The van der Waals surface area contributed by atoms with Crippen LogP contribution in [0.3, 0.4) is 0 Å². The first-order chi connectivity index (χ1) is 9.09. The molecule has 1 rings (SSSR count). The van der Waals surface area contributed by atoms with Gasteiger partial charge in [0, 0.05) is 25.4 Å². The highest BCUT2D eigenvalue weighted by Crippen LogP contribution is 2.39. The monoisotopic (exact) mass is 292 g/mol. The third-order valence-corrected chi connectivity index (χ3v) is 3.18. The Bertz CT molecular complexity index is 536. The maximum absolute atomic E-state index is 13.1. The van der Waals surface area contributed by atoms with Gasteiger partial charge in [0.25, 0.3) is 0 Å². The van der Waals surface area contributed by atoms with Gasteiger partial charge in [-0.1, -0.05) is 6.92 Å². The second-order valence-corrected chi connectivity index (χ2v) is 5.03. The molecule has 1 N–H and O–H groups in total. The molecule has 0 aliphatic heterocycles. The smallest absolute Gasteiger partial charge is 0.397 e. The van der Waals surface area contributed by atoms with Gasteiger partial charge in [-0.3, -0.25) is 4.79 Å². The lowest BCUT2D eigenvalue weighted by Crippen LogP contribution is -2.28. The summed E-state index contributed by atoms with van der Waals surface area (Å²) < 4.78 is 40.4. The second-order valence-electron chi connectivity index (χ2n) is 5.03. The van der Waals surface area contributed by atoms with Crippen molar-refractivity contribution in [2.75, 3.05) is 14.1 Å². The summed E-state index contributed by atoms with van der Waals surface area (Å²) in [5.74, 6) is -2.68. The molecule has 1 aromatic heterocycles. The van der Waals surface area contributed by atoms with Crippen LogP contribution in [0.4, 0.5) is 13.2 Å². The summed E-state index contributed by atoms with van der Waals surface area (Å²) in [5, 5.41) is 9.75. The zero-order valence-electron chi connectivity index (χ0n) is 12.0. The summed E-state index contributed by atoms with van der Waals surface area (Å²) in [6.07, 6.45) is -4.75.